The van der Waals surface area contributed by atoms with Gasteiger partial charge in [-0.1, -0.05) is 52.0 Å². The molecular weight excluding hydrogens is 592 g/mol. The molecule has 0 aliphatic carbocycles. The van der Waals surface area contributed by atoms with E-state index in [9.17, 15) is 30.0 Å². The second-order valence-corrected chi connectivity index (χ2v) is 13.9. The molecule has 0 aromatic rings. The maximum Gasteiger partial charge on any atom is 0.410 e. The third kappa shape index (κ3) is 11.2. The Labute approximate surface area is 274 Å². The monoisotopic (exact) mass is 650 g/mol. The van der Waals surface area contributed by atoms with Crippen molar-refractivity contribution in [1.82, 2.24) is 9.80 Å². The van der Waals surface area contributed by atoms with Gasteiger partial charge in [0.25, 0.3) is 0 Å². The van der Waals surface area contributed by atoms with Crippen LogP contribution in [0.15, 0.2) is 36.0 Å². The number of epoxide rings is 1. The molecule has 2 saturated heterocycles. The molecule has 4 N–H and O–H groups in total. The summed E-state index contributed by atoms with van der Waals surface area (Å²) in [6, 6.07) is 0. The van der Waals surface area contributed by atoms with Gasteiger partial charge < -0.3 is 44.4 Å². The molecule has 3 rings (SSSR count). The van der Waals surface area contributed by atoms with Gasteiger partial charge in [-0.15, -0.1) is 0 Å². The van der Waals surface area contributed by atoms with Crippen molar-refractivity contribution in [3.8, 4) is 0 Å². The van der Waals surface area contributed by atoms with E-state index < -0.39 is 47.7 Å². The summed E-state index contributed by atoms with van der Waals surface area (Å²) in [6.45, 7) is 16.4. The van der Waals surface area contributed by atoms with Crippen LogP contribution in [0.5, 0.6) is 0 Å². The largest absolute Gasteiger partial charge is 0.457 e. The normalized spacial score (nSPS) is 34.6. The Morgan fingerprint density at radius 2 is 1.91 bits per heavy atom. The van der Waals surface area contributed by atoms with Gasteiger partial charge in [0.05, 0.1) is 36.4 Å². The number of hydrogen-bond donors (Lipinski definition) is 4. The van der Waals surface area contributed by atoms with Gasteiger partial charge >= 0.3 is 12.1 Å². The number of nitrogens with zero attached hydrogens (tertiary/aromatic N) is 2. The van der Waals surface area contributed by atoms with Crippen LogP contribution >= 0.6 is 0 Å². The molecule has 46 heavy (non-hydrogen) atoms. The second-order valence-electron chi connectivity index (χ2n) is 13.9. The first-order valence-electron chi connectivity index (χ1n) is 16.9. The number of ether oxygens (including phenoxy) is 3. The highest BCUT2D eigenvalue weighted by Crippen LogP contribution is 2.37. The number of rotatable bonds is 10. The number of likely N-dealkylation sites (N-methyl/N-ethyl adjacent to an activating group) is 1. The average molecular weight is 651 g/mol. The van der Waals surface area contributed by atoms with E-state index in [0.29, 0.717) is 31.5 Å². The standard InChI is InChI=1S/C35H58N2O9/c1-8-27(39)25(5)32-28(44-32)22-34(6,42)15-10-11-23(3)31-24(4)12-13-29(35(7,43)16-14-26(38)21-30(40)46-31)45-33(41)37-19-17-36(9-2)18-20-37/h10-13,15,24-29,31-32,38-39,42-43H,8-9,14,16-22H2,1-7H3. The molecule has 0 aromatic heterocycles. The molecule has 3 heterocycles. The van der Waals surface area contributed by atoms with E-state index in [1.165, 1.54) is 0 Å². The molecule has 3 aliphatic heterocycles. The van der Waals surface area contributed by atoms with Crippen LogP contribution in [0.2, 0.25) is 0 Å². The zero-order valence-corrected chi connectivity index (χ0v) is 28.8. The van der Waals surface area contributed by atoms with E-state index in [0.717, 1.165) is 19.6 Å². The molecule has 0 spiro atoms. The third-order valence-electron chi connectivity index (χ3n) is 9.67. The number of cyclic esters (lactones) is 1. The zero-order chi connectivity index (χ0) is 34.2. The number of carbonyl (C=O) groups excluding carboxylic acids is 2. The van der Waals surface area contributed by atoms with E-state index in [4.69, 9.17) is 14.2 Å². The Hall–Kier alpha value is -2.28. The predicted molar refractivity (Wildman–Crippen MR) is 175 cm³/mol. The Morgan fingerprint density at radius 1 is 1.24 bits per heavy atom. The van der Waals surface area contributed by atoms with E-state index in [-0.39, 0.29) is 43.3 Å². The second kappa shape index (κ2) is 16.7. The molecule has 262 valence electrons. The fourth-order valence-corrected chi connectivity index (χ4v) is 6.23. The predicted octanol–water partition coefficient (Wildman–Crippen LogP) is 3.35. The van der Waals surface area contributed by atoms with Crippen molar-refractivity contribution >= 4 is 12.1 Å². The van der Waals surface area contributed by atoms with Crippen molar-refractivity contribution in [2.45, 2.75) is 128 Å². The Balaban J connectivity index is 1.74. The van der Waals surface area contributed by atoms with Gasteiger partial charge in [0.2, 0.25) is 0 Å². The molecule has 11 nitrogen and oxygen atoms in total. The fourth-order valence-electron chi connectivity index (χ4n) is 6.23. The average Bonchev–Trinajstić information content (AvgIpc) is 3.77. The zero-order valence-electron chi connectivity index (χ0n) is 28.8. The minimum absolute atomic E-state index is 0.0101. The van der Waals surface area contributed by atoms with Crippen molar-refractivity contribution in [3.05, 3.63) is 36.0 Å². The maximum atomic E-state index is 13.1. The Morgan fingerprint density at radius 3 is 2.54 bits per heavy atom. The van der Waals surface area contributed by atoms with Crippen molar-refractivity contribution in [1.29, 1.82) is 0 Å². The lowest BCUT2D eigenvalue weighted by molar-refractivity contribution is -0.151. The molecule has 3 aliphatic rings. The topological polar surface area (TPSA) is 153 Å². The summed E-state index contributed by atoms with van der Waals surface area (Å²) < 4.78 is 17.4. The lowest BCUT2D eigenvalue weighted by Gasteiger charge is -2.37. The van der Waals surface area contributed by atoms with Gasteiger partial charge in [0.15, 0.2) is 6.10 Å². The molecular formula is C35H58N2O9. The molecule has 10 atom stereocenters. The highest BCUT2D eigenvalue weighted by molar-refractivity contribution is 5.70. The molecule has 2 fully saturated rings. The van der Waals surface area contributed by atoms with E-state index in [1.807, 2.05) is 27.7 Å². The van der Waals surface area contributed by atoms with Crippen molar-refractivity contribution in [2.24, 2.45) is 11.8 Å². The van der Waals surface area contributed by atoms with Crippen LogP contribution in [0.4, 0.5) is 4.79 Å². The number of amides is 1. The third-order valence-corrected chi connectivity index (χ3v) is 9.67. The molecule has 11 heteroatoms. The number of piperazine rings is 1. The van der Waals surface area contributed by atoms with Gasteiger partial charge in [-0.25, -0.2) is 4.79 Å². The number of allylic oxidation sites excluding steroid dienone is 2. The summed E-state index contributed by atoms with van der Waals surface area (Å²) in [4.78, 5) is 29.8. The van der Waals surface area contributed by atoms with Gasteiger partial charge in [-0.3, -0.25) is 4.79 Å². The van der Waals surface area contributed by atoms with Crippen LogP contribution in [-0.2, 0) is 19.0 Å². The number of hydrogen-bond acceptors (Lipinski definition) is 10. The number of aliphatic hydroxyl groups excluding tert-OH is 2. The van der Waals surface area contributed by atoms with Crippen molar-refractivity contribution in [2.75, 3.05) is 32.7 Å². The Bertz CT molecular complexity index is 1100. The van der Waals surface area contributed by atoms with Crippen LogP contribution in [0.3, 0.4) is 0 Å². The van der Waals surface area contributed by atoms with Gasteiger partial charge in [-0.05, 0) is 58.2 Å². The highest BCUT2D eigenvalue weighted by Gasteiger charge is 2.47. The molecule has 0 saturated carbocycles. The molecule has 0 radical (unpaired) electrons. The Kier molecular flexibility index (Phi) is 13.9. The van der Waals surface area contributed by atoms with Crippen LogP contribution in [-0.4, -0.2) is 123 Å². The van der Waals surface area contributed by atoms with Crippen LogP contribution in [0, 0.1) is 11.8 Å². The lowest BCUT2D eigenvalue weighted by Crippen LogP contribution is -2.51. The quantitative estimate of drug-likeness (QED) is 0.120. The van der Waals surface area contributed by atoms with Crippen molar-refractivity contribution in [3.63, 3.8) is 0 Å². The summed E-state index contributed by atoms with van der Waals surface area (Å²) in [7, 11) is 0. The molecule has 1 amide bonds. The number of aliphatic hydroxyl groups is 4. The maximum absolute atomic E-state index is 13.1. The van der Waals surface area contributed by atoms with Crippen LogP contribution in [0.25, 0.3) is 0 Å². The van der Waals surface area contributed by atoms with E-state index in [1.54, 1.807) is 49.1 Å². The number of esters is 1. The SMILES string of the molecule is CCC(O)C(C)C1OC1CC(C)(O)C=CC=C(C)C1OC(=O)CC(O)CCC(C)(O)C(OC(=O)N2CCN(CC)CC2)C=CC1C. The van der Waals surface area contributed by atoms with Gasteiger partial charge in [-0.2, -0.15) is 0 Å². The molecule has 0 aromatic carbocycles. The molecule has 0 bridgehead atoms. The summed E-state index contributed by atoms with van der Waals surface area (Å²) in [5.41, 5.74) is -1.93. The summed E-state index contributed by atoms with van der Waals surface area (Å²) in [5.74, 6) is -0.941. The summed E-state index contributed by atoms with van der Waals surface area (Å²) in [5, 5.41) is 43.1. The lowest BCUT2D eigenvalue weighted by atomic mass is 9.88. The van der Waals surface area contributed by atoms with Gasteiger partial charge in [0.1, 0.15) is 11.7 Å². The first kappa shape index (κ1) is 38.2. The first-order valence-corrected chi connectivity index (χ1v) is 16.9. The van der Waals surface area contributed by atoms with Crippen LogP contribution in [0.1, 0.15) is 80.6 Å². The smallest absolute Gasteiger partial charge is 0.410 e. The van der Waals surface area contributed by atoms with E-state index >= 15 is 0 Å². The van der Waals surface area contributed by atoms with Gasteiger partial charge in [0, 0.05) is 44.4 Å². The fraction of sp³-hybridized carbons (Fsp3) is 0.771. The summed E-state index contributed by atoms with van der Waals surface area (Å²) >= 11 is 0. The minimum Gasteiger partial charge on any atom is -0.457 e. The number of carbonyl (C=O) groups is 2. The van der Waals surface area contributed by atoms with Crippen molar-refractivity contribution < 1.29 is 44.2 Å². The van der Waals surface area contributed by atoms with Crippen LogP contribution < -0.4 is 0 Å². The summed E-state index contributed by atoms with van der Waals surface area (Å²) in [6.07, 6.45) is 5.74. The highest BCUT2D eigenvalue weighted by atomic mass is 16.6. The minimum atomic E-state index is -1.48. The first-order chi connectivity index (χ1) is 21.6. The van der Waals surface area contributed by atoms with E-state index in [2.05, 4.69) is 11.8 Å². The molecule has 10 unspecified atom stereocenters.